The maximum atomic E-state index is 5.88. The zero-order valence-corrected chi connectivity index (χ0v) is 9.54. The second-order valence-electron chi connectivity index (χ2n) is 5.46. The van der Waals surface area contributed by atoms with Crippen molar-refractivity contribution in [2.75, 3.05) is 6.54 Å². The van der Waals surface area contributed by atoms with Crippen molar-refractivity contribution >= 4 is 0 Å². The normalized spacial score (nSPS) is 38.6. The Morgan fingerprint density at radius 3 is 2.50 bits per heavy atom. The summed E-state index contributed by atoms with van der Waals surface area (Å²) in [5.74, 6) is 3.98. The maximum absolute atomic E-state index is 5.88. The van der Waals surface area contributed by atoms with Crippen LogP contribution < -0.4 is 5.73 Å². The SMILES string of the molecule is CCCC1CCC(CN)C(C2CC2)C1. The van der Waals surface area contributed by atoms with Gasteiger partial charge in [0, 0.05) is 0 Å². The van der Waals surface area contributed by atoms with Gasteiger partial charge in [0.05, 0.1) is 0 Å². The Morgan fingerprint density at radius 1 is 1.14 bits per heavy atom. The number of rotatable bonds is 4. The van der Waals surface area contributed by atoms with Crippen molar-refractivity contribution in [3.05, 3.63) is 0 Å². The van der Waals surface area contributed by atoms with Crippen LogP contribution in [0.15, 0.2) is 0 Å². The van der Waals surface area contributed by atoms with E-state index in [0.717, 1.165) is 30.2 Å². The first-order valence-corrected chi connectivity index (χ1v) is 6.55. The van der Waals surface area contributed by atoms with Crippen molar-refractivity contribution in [3.8, 4) is 0 Å². The molecule has 0 aromatic heterocycles. The van der Waals surface area contributed by atoms with Gasteiger partial charge in [-0.2, -0.15) is 0 Å². The van der Waals surface area contributed by atoms with Gasteiger partial charge >= 0.3 is 0 Å². The van der Waals surface area contributed by atoms with Gasteiger partial charge in [-0.25, -0.2) is 0 Å². The van der Waals surface area contributed by atoms with E-state index < -0.39 is 0 Å². The van der Waals surface area contributed by atoms with Crippen LogP contribution >= 0.6 is 0 Å². The van der Waals surface area contributed by atoms with Gasteiger partial charge < -0.3 is 5.73 Å². The lowest BCUT2D eigenvalue weighted by Crippen LogP contribution is -2.31. The highest BCUT2D eigenvalue weighted by atomic mass is 14.6. The highest BCUT2D eigenvalue weighted by Crippen LogP contribution is 2.48. The highest BCUT2D eigenvalue weighted by Gasteiger charge is 2.39. The fourth-order valence-electron chi connectivity index (χ4n) is 3.42. The Kier molecular flexibility index (Phi) is 3.48. The first-order chi connectivity index (χ1) is 6.85. The topological polar surface area (TPSA) is 26.0 Å². The minimum atomic E-state index is 0.871. The van der Waals surface area contributed by atoms with E-state index in [9.17, 15) is 0 Å². The van der Waals surface area contributed by atoms with Gasteiger partial charge in [-0.15, -0.1) is 0 Å². The number of nitrogens with two attached hydrogens (primary N) is 1. The smallest absolute Gasteiger partial charge is 0.00461 e. The molecule has 2 aliphatic rings. The van der Waals surface area contributed by atoms with Crippen LogP contribution in [0.3, 0.4) is 0 Å². The van der Waals surface area contributed by atoms with E-state index in [1.807, 2.05) is 0 Å². The molecule has 3 unspecified atom stereocenters. The van der Waals surface area contributed by atoms with Crippen LogP contribution in [0.1, 0.15) is 51.9 Å². The van der Waals surface area contributed by atoms with Gasteiger partial charge in [-0.05, 0) is 55.9 Å². The summed E-state index contributed by atoms with van der Waals surface area (Å²) in [5.41, 5.74) is 5.88. The molecule has 2 saturated carbocycles. The molecule has 0 amide bonds. The van der Waals surface area contributed by atoms with Crippen molar-refractivity contribution in [1.82, 2.24) is 0 Å². The van der Waals surface area contributed by atoms with Gasteiger partial charge in [0.15, 0.2) is 0 Å². The Hall–Kier alpha value is -0.0400. The second kappa shape index (κ2) is 4.65. The summed E-state index contributed by atoms with van der Waals surface area (Å²) >= 11 is 0. The van der Waals surface area contributed by atoms with E-state index in [1.54, 1.807) is 0 Å². The van der Waals surface area contributed by atoms with Crippen LogP contribution in [-0.2, 0) is 0 Å². The van der Waals surface area contributed by atoms with E-state index in [0.29, 0.717) is 0 Å². The molecular weight excluding hydrogens is 170 g/mol. The fourth-order valence-corrected chi connectivity index (χ4v) is 3.42. The molecule has 82 valence electrons. The van der Waals surface area contributed by atoms with Gasteiger partial charge in [0.25, 0.3) is 0 Å². The van der Waals surface area contributed by atoms with E-state index >= 15 is 0 Å². The van der Waals surface area contributed by atoms with Gasteiger partial charge in [0.1, 0.15) is 0 Å². The minimum Gasteiger partial charge on any atom is -0.330 e. The molecular formula is C13H25N. The van der Waals surface area contributed by atoms with Crippen LogP contribution in [0.25, 0.3) is 0 Å². The molecule has 1 heteroatoms. The van der Waals surface area contributed by atoms with E-state index in [4.69, 9.17) is 5.73 Å². The minimum absolute atomic E-state index is 0.871. The van der Waals surface area contributed by atoms with E-state index in [-0.39, 0.29) is 0 Å². The van der Waals surface area contributed by atoms with Crippen LogP contribution in [0.4, 0.5) is 0 Å². The van der Waals surface area contributed by atoms with Crippen LogP contribution in [0.5, 0.6) is 0 Å². The summed E-state index contributed by atoms with van der Waals surface area (Å²) in [6, 6.07) is 0. The van der Waals surface area contributed by atoms with Crippen LogP contribution in [-0.4, -0.2) is 6.54 Å². The van der Waals surface area contributed by atoms with Crippen LogP contribution in [0.2, 0.25) is 0 Å². The molecule has 3 atom stereocenters. The van der Waals surface area contributed by atoms with E-state index in [1.165, 1.54) is 44.9 Å². The molecule has 0 aromatic rings. The molecule has 1 nitrogen and oxygen atoms in total. The Bertz CT molecular complexity index is 174. The largest absolute Gasteiger partial charge is 0.330 e. The Morgan fingerprint density at radius 2 is 1.93 bits per heavy atom. The predicted octanol–water partition coefficient (Wildman–Crippen LogP) is 3.19. The summed E-state index contributed by atoms with van der Waals surface area (Å²) in [4.78, 5) is 0. The first kappa shape index (κ1) is 10.5. The van der Waals surface area contributed by atoms with Crippen LogP contribution in [0, 0.1) is 23.7 Å². The lowest BCUT2D eigenvalue weighted by atomic mass is 9.71. The maximum Gasteiger partial charge on any atom is -0.00461 e. The summed E-state index contributed by atoms with van der Waals surface area (Å²) in [6.07, 6.45) is 10.2. The fraction of sp³-hybridized carbons (Fsp3) is 1.00. The summed E-state index contributed by atoms with van der Waals surface area (Å²) in [5, 5.41) is 0. The third-order valence-corrected chi connectivity index (χ3v) is 4.38. The predicted molar refractivity (Wildman–Crippen MR) is 61.0 cm³/mol. The second-order valence-corrected chi connectivity index (χ2v) is 5.46. The van der Waals surface area contributed by atoms with Crippen molar-refractivity contribution in [2.45, 2.75) is 51.9 Å². The van der Waals surface area contributed by atoms with Crippen molar-refractivity contribution in [3.63, 3.8) is 0 Å². The molecule has 14 heavy (non-hydrogen) atoms. The molecule has 2 N–H and O–H groups in total. The van der Waals surface area contributed by atoms with Gasteiger partial charge in [-0.3, -0.25) is 0 Å². The molecule has 2 fully saturated rings. The summed E-state index contributed by atoms with van der Waals surface area (Å²) in [7, 11) is 0. The molecule has 0 aromatic carbocycles. The summed E-state index contributed by atoms with van der Waals surface area (Å²) in [6.45, 7) is 3.27. The summed E-state index contributed by atoms with van der Waals surface area (Å²) < 4.78 is 0. The van der Waals surface area contributed by atoms with Gasteiger partial charge in [-0.1, -0.05) is 26.2 Å². The molecule has 0 spiro atoms. The van der Waals surface area contributed by atoms with Gasteiger partial charge in [0.2, 0.25) is 0 Å². The third kappa shape index (κ3) is 2.31. The lowest BCUT2D eigenvalue weighted by Gasteiger charge is -2.36. The monoisotopic (exact) mass is 195 g/mol. The Balaban J connectivity index is 1.87. The average Bonchev–Trinajstić information content (AvgIpc) is 3.01. The Labute approximate surface area is 88.4 Å². The number of hydrogen-bond acceptors (Lipinski definition) is 1. The molecule has 0 radical (unpaired) electrons. The lowest BCUT2D eigenvalue weighted by molar-refractivity contribution is 0.156. The van der Waals surface area contributed by atoms with E-state index in [2.05, 4.69) is 6.92 Å². The highest BCUT2D eigenvalue weighted by molar-refractivity contribution is 4.90. The standard InChI is InChI=1S/C13H25N/c1-2-3-10-4-5-12(9-14)13(8-10)11-6-7-11/h10-13H,2-9,14H2,1H3. The average molecular weight is 195 g/mol. The number of hydrogen-bond donors (Lipinski definition) is 1. The molecule has 0 aliphatic heterocycles. The molecule has 0 saturated heterocycles. The van der Waals surface area contributed by atoms with Crippen molar-refractivity contribution in [1.29, 1.82) is 0 Å². The third-order valence-electron chi connectivity index (χ3n) is 4.38. The van der Waals surface area contributed by atoms with Crippen molar-refractivity contribution < 1.29 is 0 Å². The quantitative estimate of drug-likeness (QED) is 0.732. The molecule has 2 rings (SSSR count). The molecule has 2 aliphatic carbocycles. The zero-order valence-electron chi connectivity index (χ0n) is 9.54. The molecule has 0 bridgehead atoms. The molecule has 0 heterocycles. The van der Waals surface area contributed by atoms with Crippen molar-refractivity contribution in [2.24, 2.45) is 29.4 Å². The first-order valence-electron chi connectivity index (χ1n) is 6.55. The zero-order chi connectivity index (χ0) is 9.97.